The van der Waals surface area contributed by atoms with Crippen LogP contribution < -0.4 is 5.56 Å². The summed E-state index contributed by atoms with van der Waals surface area (Å²) in [5.41, 5.74) is -0.548. The van der Waals surface area contributed by atoms with Crippen LogP contribution >= 0.6 is 15.9 Å². The maximum absolute atomic E-state index is 14.0. The highest BCUT2D eigenvalue weighted by Crippen LogP contribution is 2.25. The molecule has 4 nitrogen and oxygen atoms in total. The molecule has 0 atom stereocenters. The fraction of sp³-hybridized carbons (Fsp3) is 0.267. The first-order chi connectivity index (χ1) is 10.6. The number of rotatable bonds is 4. The number of fused-ring (bicyclic) bond motifs is 1. The minimum Gasteiger partial charge on any atom is -0.459 e. The van der Waals surface area contributed by atoms with Gasteiger partial charge in [0.25, 0.3) is 5.56 Å². The van der Waals surface area contributed by atoms with Crippen molar-refractivity contribution in [1.29, 1.82) is 0 Å². The molecule has 1 aromatic carbocycles. The van der Waals surface area contributed by atoms with Gasteiger partial charge in [0, 0.05) is 19.2 Å². The van der Waals surface area contributed by atoms with Gasteiger partial charge in [0.15, 0.2) is 11.6 Å². The number of hydrogen-bond acceptors (Lipinski definition) is 3. The second-order valence-corrected chi connectivity index (χ2v) is 5.74. The molecule has 2 heterocycles. The monoisotopic (exact) mass is 371 g/mol. The van der Waals surface area contributed by atoms with Crippen molar-refractivity contribution in [3.05, 3.63) is 57.3 Å². The van der Waals surface area contributed by atoms with Gasteiger partial charge in [-0.15, -0.1) is 0 Å². The second-order valence-electron chi connectivity index (χ2n) is 4.88. The Balaban J connectivity index is 1.85. The van der Waals surface area contributed by atoms with E-state index >= 15 is 0 Å². The SMILES string of the molecule is O=c1c2c(F)c(F)c(Br)cc2ccn1CCCC1OC=CO1. The smallest absolute Gasteiger partial charge is 0.261 e. The zero-order chi connectivity index (χ0) is 15.7. The lowest BCUT2D eigenvalue weighted by Crippen LogP contribution is -2.21. The number of nitrogens with zero attached hydrogens (tertiary/aromatic N) is 1. The predicted octanol–water partition coefficient (Wildman–Crippen LogP) is 3.67. The van der Waals surface area contributed by atoms with Crippen molar-refractivity contribution in [3.63, 3.8) is 0 Å². The van der Waals surface area contributed by atoms with Crippen LogP contribution in [0.3, 0.4) is 0 Å². The van der Waals surface area contributed by atoms with E-state index in [-0.39, 0.29) is 16.1 Å². The van der Waals surface area contributed by atoms with E-state index in [1.54, 1.807) is 12.3 Å². The molecule has 116 valence electrons. The molecule has 0 spiro atoms. The number of aryl methyl sites for hydroxylation is 1. The zero-order valence-electron chi connectivity index (χ0n) is 11.4. The quantitative estimate of drug-likeness (QED) is 0.770. The molecular formula is C15H12BrF2NO3. The van der Waals surface area contributed by atoms with Crippen molar-refractivity contribution in [2.24, 2.45) is 0 Å². The molecule has 1 aromatic heterocycles. The molecule has 1 aliphatic heterocycles. The van der Waals surface area contributed by atoms with E-state index in [1.807, 2.05) is 0 Å². The summed E-state index contributed by atoms with van der Waals surface area (Å²) in [4.78, 5) is 12.3. The van der Waals surface area contributed by atoms with Crippen LogP contribution in [0.2, 0.25) is 0 Å². The summed E-state index contributed by atoms with van der Waals surface area (Å²) in [6, 6.07) is 2.99. The zero-order valence-corrected chi connectivity index (χ0v) is 13.0. The van der Waals surface area contributed by atoms with Crippen LogP contribution in [-0.4, -0.2) is 10.9 Å². The Hall–Kier alpha value is -1.89. The Bertz CT molecular complexity index is 795. The van der Waals surface area contributed by atoms with Crippen LogP contribution in [0.25, 0.3) is 10.8 Å². The van der Waals surface area contributed by atoms with E-state index in [2.05, 4.69) is 15.9 Å². The number of aromatic nitrogens is 1. The Morgan fingerprint density at radius 1 is 1.23 bits per heavy atom. The Morgan fingerprint density at radius 3 is 2.68 bits per heavy atom. The van der Waals surface area contributed by atoms with E-state index in [4.69, 9.17) is 9.47 Å². The third-order valence-electron chi connectivity index (χ3n) is 3.46. The number of hydrogen-bond donors (Lipinski definition) is 0. The first-order valence-electron chi connectivity index (χ1n) is 6.70. The van der Waals surface area contributed by atoms with Crippen LogP contribution in [0.4, 0.5) is 8.78 Å². The molecule has 0 N–H and O–H groups in total. The van der Waals surface area contributed by atoms with Crippen LogP contribution in [0.15, 0.2) is 40.1 Å². The second kappa shape index (κ2) is 6.08. The minimum absolute atomic E-state index is 0.00215. The van der Waals surface area contributed by atoms with Crippen molar-refractivity contribution >= 4 is 26.7 Å². The van der Waals surface area contributed by atoms with Crippen LogP contribution in [0.1, 0.15) is 12.8 Å². The van der Waals surface area contributed by atoms with Crippen molar-refractivity contribution in [2.75, 3.05) is 0 Å². The average molecular weight is 372 g/mol. The topological polar surface area (TPSA) is 40.5 Å². The summed E-state index contributed by atoms with van der Waals surface area (Å²) in [5, 5.41) is 0.122. The molecule has 3 rings (SSSR count). The molecule has 22 heavy (non-hydrogen) atoms. The summed E-state index contributed by atoms with van der Waals surface area (Å²) < 4.78 is 39.2. The van der Waals surface area contributed by atoms with Gasteiger partial charge in [-0.3, -0.25) is 4.79 Å². The third kappa shape index (κ3) is 2.72. The highest BCUT2D eigenvalue weighted by atomic mass is 79.9. The van der Waals surface area contributed by atoms with E-state index in [0.29, 0.717) is 24.8 Å². The number of halogens is 3. The molecule has 2 aromatic rings. The number of ether oxygens (including phenoxy) is 2. The fourth-order valence-electron chi connectivity index (χ4n) is 2.36. The lowest BCUT2D eigenvalue weighted by atomic mass is 10.1. The molecule has 0 amide bonds. The first-order valence-corrected chi connectivity index (χ1v) is 7.50. The van der Waals surface area contributed by atoms with E-state index in [0.717, 1.165) is 0 Å². The molecule has 0 saturated heterocycles. The maximum Gasteiger partial charge on any atom is 0.261 e. The minimum atomic E-state index is -1.13. The van der Waals surface area contributed by atoms with E-state index in [1.165, 1.54) is 23.2 Å². The van der Waals surface area contributed by atoms with Crippen LogP contribution in [0, 0.1) is 11.6 Å². The molecule has 0 radical (unpaired) electrons. The molecular weight excluding hydrogens is 360 g/mol. The van der Waals surface area contributed by atoms with Crippen molar-refractivity contribution in [1.82, 2.24) is 4.57 Å². The summed E-state index contributed by atoms with van der Waals surface area (Å²) in [5.74, 6) is -2.18. The third-order valence-corrected chi connectivity index (χ3v) is 4.03. The molecule has 1 aliphatic rings. The van der Waals surface area contributed by atoms with E-state index in [9.17, 15) is 13.6 Å². The van der Waals surface area contributed by atoms with Gasteiger partial charge in [-0.1, -0.05) is 0 Å². The molecule has 0 aliphatic carbocycles. The summed E-state index contributed by atoms with van der Waals surface area (Å²) in [6.45, 7) is 0.370. The van der Waals surface area contributed by atoms with Gasteiger partial charge < -0.3 is 14.0 Å². The Kier molecular flexibility index (Phi) is 4.15. The molecule has 0 bridgehead atoms. The van der Waals surface area contributed by atoms with Gasteiger partial charge in [-0.2, -0.15) is 0 Å². The van der Waals surface area contributed by atoms with Crippen LogP contribution in [-0.2, 0) is 16.0 Å². The maximum atomic E-state index is 14.0. The normalized spacial score (nSPS) is 14.3. The molecule has 0 saturated carbocycles. The largest absolute Gasteiger partial charge is 0.459 e. The standard InChI is InChI=1S/C15H12BrF2NO3/c16-10-8-9-3-5-19(4-1-2-11-21-6-7-22-11)15(20)12(9)14(18)13(10)17/h3,5-8,11H,1-2,4H2. The molecule has 7 heteroatoms. The van der Waals surface area contributed by atoms with Crippen LogP contribution in [0.5, 0.6) is 0 Å². The highest BCUT2D eigenvalue weighted by molar-refractivity contribution is 9.10. The van der Waals surface area contributed by atoms with Gasteiger partial charge in [-0.25, -0.2) is 8.78 Å². The molecule has 0 unspecified atom stereocenters. The predicted molar refractivity (Wildman–Crippen MR) is 80.2 cm³/mol. The van der Waals surface area contributed by atoms with Gasteiger partial charge >= 0.3 is 0 Å². The summed E-state index contributed by atoms with van der Waals surface area (Å²) >= 11 is 2.93. The average Bonchev–Trinajstić information content (AvgIpc) is 3.00. The van der Waals surface area contributed by atoms with Crippen molar-refractivity contribution < 1.29 is 18.3 Å². The Labute approximate surface area is 133 Å². The van der Waals surface area contributed by atoms with Gasteiger partial charge in [0.1, 0.15) is 12.5 Å². The highest BCUT2D eigenvalue weighted by Gasteiger charge is 2.16. The number of benzene rings is 1. The van der Waals surface area contributed by atoms with E-state index < -0.39 is 17.2 Å². The summed E-state index contributed by atoms with van der Waals surface area (Å²) in [6.07, 6.45) is 5.35. The van der Waals surface area contributed by atoms with Crippen molar-refractivity contribution in [2.45, 2.75) is 25.7 Å². The fourth-order valence-corrected chi connectivity index (χ4v) is 2.78. The number of pyridine rings is 1. The lowest BCUT2D eigenvalue weighted by Gasteiger charge is -2.11. The Morgan fingerprint density at radius 2 is 1.95 bits per heavy atom. The van der Waals surface area contributed by atoms with Gasteiger partial charge in [-0.05, 0) is 39.9 Å². The lowest BCUT2D eigenvalue weighted by molar-refractivity contribution is -0.0298. The summed E-state index contributed by atoms with van der Waals surface area (Å²) in [7, 11) is 0. The van der Waals surface area contributed by atoms with Gasteiger partial charge in [0.2, 0.25) is 6.29 Å². The van der Waals surface area contributed by atoms with Crippen molar-refractivity contribution in [3.8, 4) is 0 Å². The van der Waals surface area contributed by atoms with Gasteiger partial charge in [0.05, 0.1) is 9.86 Å². The first kappa shape index (κ1) is 15.0. The molecule has 0 fully saturated rings.